The van der Waals surface area contributed by atoms with E-state index in [2.05, 4.69) is 40.4 Å². The van der Waals surface area contributed by atoms with Crippen LogP contribution in [0.5, 0.6) is 11.8 Å². The predicted octanol–water partition coefficient (Wildman–Crippen LogP) is 11.3. The Labute approximate surface area is 567 Å². The van der Waals surface area contributed by atoms with Crippen LogP contribution in [0.4, 0.5) is 10.6 Å². The third-order valence-corrected chi connectivity index (χ3v) is 20.5. The summed E-state index contributed by atoms with van der Waals surface area (Å²) in [5.41, 5.74) is 9.44. The Morgan fingerprint density at radius 1 is 0.825 bits per heavy atom. The van der Waals surface area contributed by atoms with E-state index in [1.165, 1.54) is 4.90 Å². The number of pyridine rings is 1. The quantitative estimate of drug-likeness (QED) is 0.0675. The van der Waals surface area contributed by atoms with Gasteiger partial charge in [-0.3, -0.25) is 19.0 Å². The number of amides is 3. The first-order valence-corrected chi connectivity index (χ1v) is 34.9. The second-order valence-electron chi connectivity index (χ2n) is 28.4. The lowest BCUT2D eigenvalue weighted by Crippen LogP contribution is -2.50. The van der Waals surface area contributed by atoms with Crippen molar-refractivity contribution < 1.29 is 48.3 Å². The van der Waals surface area contributed by atoms with Crippen molar-refractivity contribution in [1.82, 2.24) is 59.4 Å². The first kappa shape index (κ1) is 64.5. The van der Waals surface area contributed by atoms with Gasteiger partial charge in [-0.1, -0.05) is 67.9 Å². The van der Waals surface area contributed by atoms with Crippen molar-refractivity contribution in [2.75, 3.05) is 51.0 Å². The number of nitrogens with zero attached hydrogens (tertiary/aromatic N) is 12. The summed E-state index contributed by atoms with van der Waals surface area (Å²) < 4.78 is 37.9. The molecule has 1 saturated carbocycles. The Kier molecular flexibility index (Phi) is 17.3. The second-order valence-corrected chi connectivity index (χ2v) is 28.8. The van der Waals surface area contributed by atoms with Gasteiger partial charge in [0, 0.05) is 91.6 Å². The molecule has 508 valence electrons. The molecular formula is C73H84ClN13O10. The number of piperazine rings is 1. The SMILES string of the molecule is CCn1nccc1-c1ccc([C@H](CO)NC(=O)[C@@H]2C[C@@H](O)CN2C(=O)[C@H](C(C)C)n2cc3c(n2)c(Cl)nc2cc(COc4c(-c5c(C)ccc6c5cnn6C5CCCCO5)c(C5CC5)cc5c(N6C[C@@H]7C[C@H]6CN7C(=O)OC(C)(C)C)nc(OC6CCOCC6)nc45)ccc23)cc1. The van der Waals surface area contributed by atoms with Crippen LogP contribution in [0.15, 0.2) is 85.3 Å². The van der Waals surface area contributed by atoms with Crippen molar-refractivity contribution >= 4 is 78.9 Å². The summed E-state index contributed by atoms with van der Waals surface area (Å²) in [5.74, 6) is 0.352. The van der Waals surface area contributed by atoms with Crippen molar-refractivity contribution in [1.29, 1.82) is 0 Å². The molecule has 5 aromatic heterocycles. The first-order chi connectivity index (χ1) is 46.9. The summed E-state index contributed by atoms with van der Waals surface area (Å²) in [7, 11) is 0. The van der Waals surface area contributed by atoms with E-state index in [-0.39, 0.29) is 79.7 Å². The van der Waals surface area contributed by atoms with E-state index in [1.807, 2.05) is 117 Å². The number of aromatic nitrogens is 9. The van der Waals surface area contributed by atoms with E-state index in [0.29, 0.717) is 85.5 Å². The van der Waals surface area contributed by atoms with Gasteiger partial charge in [-0.15, -0.1) is 0 Å². The molecule has 3 amide bonds. The average molecular weight is 1340 g/mol. The number of aliphatic hydroxyl groups is 2. The summed E-state index contributed by atoms with van der Waals surface area (Å²) in [5, 5.41) is 42.5. The number of anilines is 1. The highest BCUT2D eigenvalue weighted by Crippen LogP contribution is 2.54. The fourth-order valence-electron chi connectivity index (χ4n) is 15.3. The van der Waals surface area contributed by atoms with E-state index in [9.17, 15) is 19.8 Å². The summed E-state index contributed by atoms with van der Waals surface area (Å²) in [6.07, 6.45) is 11.0. The highest BCUT2D eigenvalue weighted by molar-refractivity contribution is 6.35. The topological polar surface area (TPSA) is 252 Å². The van der Waals surface area contributed by atoms with Gasteiger partial charge in [0.05, 0.1) is 67.0 Å². The number of hydrogen-bond acceptors (Lipinski definition) is 17. The summed E-state index contributed by atoms with van der Waals surface area (Å²) in [6.45, 7) is 16.9. The maximum Gasteiger partial charge on any atom is 0.410 e. The molecule has 4 aromatic carbocycles. The van der Waals surface area contributed by atoms with Gasteiger partial charge < -0.3 is 53.9 Å². The number of likely N-dealkylation sites (tertiary alicyclic amines) is 2. The maximum absolute atomic E-state index is 15.0. The summed E-state index contributed by atoms with van der Waals surface area (Å²) in [4.78, 5) is 64.3. The van der Waals surface area contributed by atoms with E-state index in [0.717, 1.165) is 105 Å². The Hall–Kier alpha value is -8.48. The number of nitrogens with one attached hydrogen (secondary N) is 1. The Balaban J connectivity index is 0.776. The van der Waals surface area contributed by atoms with Crippen molar-refractivity contribution in [2.45, 2.75) is 180 Å². The van der Waals surface area contributed by atoms with Gasteiger partial charge in [0.1, 0.15) is 47.2 Å². The van der Waals surface area contributed by atoms with Gasteiger partial charge in [0.2, 0.25) is 11.8 Å². The monoisotopic (exact) mass is 1340 g/mol. The van der Waals surface area contributed by atoms with Crippen LogP contribution in [0, 0.1) is 12.8 Å². The number of rotatable bonds is 18. The minimum Gasteiger partial charge on any atom is -0.486 e. The molecule has 5 saturated heterocycles. The Morgan fingerprint density at radius 2 is 1.64 bits per heavy atom. The number of fused-ring (bicyclic) bond motifs is 7. The smallest absolute Gasteiger partial charge is 0.410 e. The van der Waals surface area contributed by atoms with Gasteiger partial charge in [-0.2, -0.15) is 25.3 Å². The number of carbonyl (C=O) groups is 3. The molecule has 7 atom stereocenters. The number of benzene rings is 4. The zero-order valence-corrected chi connectivity index (χ0v) is 56.7. The lowest BCUT2D eigenvalue weighted by atomic mass is 9.89. The first-order valence-electron chi connectivity index (χ1n) is 34.5. The highest BCUT2D eigenvalue weighted by atomic mass is 35.5. The lowest BCUT2D eigenvalue weighted by Gasteiger charge is -2.36. The molecule has 1 unspecified atom stereocenters. The van der Waals surface area contributed by atoms with E-state index in [1.54, 1.807) is 10.9 Å². The van der Waals surface area contributed by atoms with Crippen LogP contribution in [0.1, 0.15) is 146 Å². The van der Waals surface area contributed by atoms with Gasteiger partial charge in [0.15, 0.2) is 17.1 Å². The van der Waals surface area contributed by atoms with E-state index < -0.39 is 41.6 Å². The molecule has 9 aromatic rings. The molecular weight excluding hydrogens is 1250 g/mol. The fourth-order valence-corrected chi connectivity index (χ4v) is 15.5. The molecule has 0 radical (unpaired) electrons. The van der Waals surface area contributed by atoms with Crippen LogP contribution in [0.3, 0.4) is 0 Å². The van der Waals surface area contributed by atoms with Crippen LogP contribution < -0.4 is 19.7 Å². The molecule has 5 aliphatic heterocycles. The van der Waals surface area contributed by atoms with Crippen LogP contribution >= 0.6 is 11.6 Å². The maximum atomic E-state index is 15.0. The third kappa shape index (κ3) is 12.4. The normalized spacial score (nSPS) is 21.4. The molecule has 97 heavy (non-hydrogen) atoms. The zero-order valence-electron chi connectivity index (χ0n) is 56.0. The number of aliphatic hydroxyl groups excluding tert-OH is 2. The van der Waals surface area contributed by atoms with Crippen molar-refractivity contribution in [3.8, 4) is 34.1 Å². The van der Waals surface area contributed by atoms with Crippen LogP contribution in [-0.2, 0) is 37.0 Å². The Morgan fingerprint density at radius 3 is 2.36 bits per heavy atom. The van der Waals surface area contributed by atoms with E-state index >= 15 is 4.79 Å². The van der Waals surface area contributed by atoms with Crippen LogP contribution in [0.2, 0.25) is 5.15 Å². The van der Waals surface area contributed by atoms with Gasteiger partial charge in [0.25, 0.3) is 0 Å². The predicted molar refractivity (Wildman–Crippen MR) is 366 cm³/mol. The molecule has 23 nitrogen and oxygen atoms in total. The van der Waals surface area contributed by atoms with Crippen molar-refractivity contribution in [3.05, 3.63) is 113 Å². The molecule has 1 aliphatic carbocycles. The molecule has 10 heterocycles. The van der Waals surface area contributed by atoms with Crippen molar-refractivity contribution in [3.63, 3.8) is 0 Å². The molecule has 0 spiro atoms. The van der Waals surface area contributed by atoms with Crippen LogP contribution in [-0.4, -0.2) is 164 Å². The van der Waals surface area contributed by atoms with E-state index in [4.69, 9.17) is 60.4 Å². The second kappa shape index (κ2) is 26.1. The largest absolute Gasteiger partial charge is 0.486 e. The van der Waals surface area contributed by atoms with Gasteiger partial charge in [-0.25, -0.2) is 14.5 Å². The molecule has 6 aliphatic rings. The zero-order chi connectivity index (χ0) is 67.1. The lowest BCUT2D eigenvalue weighted by molar-refractivity contribution is -0.142. The minimum absolute atomic E-state index is 0.0209. The molecule has 2 bridgehead atoms. The molecule has 3 N–H and O–H groups in total. The number of carbonyl (C=O) groups excluding carboxylic acids is 3. The summed E-state index contributed by atoms with van der Waals surface area (Å²) in [6, 6.07) is 19.5. The minimum atomic E-state index is -1.02. The summed E-state index contributed by atoms with van der Waals surface area (Å²) >= 11 is 7.16. The molecule has 24 heteroatoms. The third-order valence-electron chi connectivity index (χ3n) is 20.2. The number of hydrogen-bond donors (Lipinski definition) is 3. The van der Waals surface area contributed by atoms with Gasteiger partial charge >= 0.3 is 12.1 Å². The standard InChI is InChI=1S/C73H84ClN13O10/c1-8-85-57(22-25-75-85)45-18-16-44(17-19-45)56(38-88)78-69(90)59-31-48(89)36-84(59)70(91)65(40(2)3)86-37-54-50-20-13-42(29-55(50)77-67(74)64(54)81-86)39-95-66-62(61-41(4)12-21-58-53(61)33-76-87(58)60-11-9-10-26-94-60)51(43-14-15-43)32-52-63(66)79-71(96-49-23-27-93-28-24-49)80-68(52)82-34-47-30-46(82)35-83(47)72(92)97-73(5,6)7/h12-13,16-22,25,29,32-33,37,40,43,46-49,56,59-60,65,88-89H,8-11,14-15,23-24,26-28,30-31,34-36,38-39H2,1-7H3,(H,78,90)/t46-,47-,48+,56-,59-,60?,65-/m0/s1. The number of halogens is 1. The number of aryl methyl sites for hydroxylation is 2. The fraction of sp³-hybridized carbons (Fsp3) is 0.493. The number of β-amino-alcohol motifs (C(OH)–C–C–N with tert-alkyl or cyclic N) is 1. The number of ether oxygens (including phenoxy) is 5. The van der Waals surface area contributed by atoms with Crippen LogP contribution in [0.25, 0.3) is 66.0 Å². The average Bonchev–Trinajstić information content (AvgIpc) is 1.72. The molecule has 15 rings (SSSR count). The Bertz CT molecular complexity index is 4490. The molecule has 6 fully saturated rings. The van der Waals surface area contributed by atoms with Gasteiger partial charge in [-0.05, 0) is 143 Å². The highest BCUT2D eigenvalue weighted by Gasteiger charge is 2.49. The van der Waals surface area contributed by atoms with Crippen molar-refractivity contribution in [2.24, 2.45) is 5.92 Å².